The first kappa shape index (κ1) is 17.8. The maximum atomic E-state index is 10.2. The molecular weight excluding hydrogens is 250 g/mol. The smallest absolute Gasteiger partial charge is 0.367 e. The average Bonchev–Trinajstić information content (AvgIpc) is 2.32. The van der Waals surface area contributed by atoms with E-state index in [4.69, 9.17) is 13.3 Å². The van der Waals surface area contributed by atoms with Crippen LogP contribution in [0.3, 0.4) is 0 Å². The summed E-state index contributed by atoms with van der Waals surface area (Å²) in [5.74, 6) is 0. The van der Waals surface area contributed by atoms with Gasteiger partial charge in [0.05, 0.1) is 6.61 Å². The highest BCUT2D eigenvalue weighted by molar-refractivity contribution is 6.52. The molecule has 0 heterocycles. The highest BCUT2D eigenvalue weighted by atomic mass is 28.4. The minimum absolute atomic E-state index is 0.0830. The SMILES string of the molecule is C=CCO[Si](O)(OCCCN(C)C)OC(C)CC. The van der Waals surface area contributed by atoms with Crippen molar-refractivity contribution in [1.29, 1.82) is 0 Å². The molecule has 0 amide bonds. The second-order valence-corrected chi connectivity index (χ2v) is 6.33. The molecule has 1 N–H and O–H groups in total. The van der Waals surface area contributed by atoms with Gasteiger partial charge >= 0.3 is 9.05 Å². The van der Waals surface area contributed by atoms with Crippen LogP contribution in [-0.2, 0) is 13.3 Å². The second-order valence-electron chi connectivity index (χ2n) is 4.47. The monoisotopic (exact) mass is 277 g/mol. The van der Waals surface area contributed by atoms with E-state index in [1.54, 1.807) is 6.08 Å². The van der Waals surface area contributed by atoms with E-state index in [1.807, 2.05) is 27.9 Å². The molecule has 0 spiro atoms. The van der Waals surface area contributed by atoms with Crippen LogP contribution in [0.25, 0.3) is 0 Å². The van der Waals surface area contributed by atoms with Crippen molar-refractivity contribution < 1.29 is 18.1 Å². The van der Waals surface area contributed by atoms with Gasteiger partial charge in [0.25, 0.3) is 0 Å². The van der Waals surface area contributed by atoms with Crippen LogP contribution in [0.5, 0.6) is 0 Å². The van der Waals surface area contributed by atoms with Crippen LogP contribution >= 0.6 is 0 Å². The molecule has 5 nitrogen and oxygen atoms in total. The fourth-order valence-corrected chi connectivity index (χ4v) is 2.82. The molecule has 0 saturated carbocycles. The van der Waals surface area contributed by atoms with Gasteiger partial charge in [0, 0.05) is 12.7 Å². The van der Waals surface area contributed by atoms with E-state index in [0.29, 0.717) is 6.61 Å². The predicted octanol–water partition coefficient (Wildman–Crippen LogP) is 1.40. The largest absolute Gasteiger partial charge is 0.677 e. The van der Waals surface area contributed by atoms with Crippen molar-refractivity contribution in [3.8, 4) is 0 Å². The summed E-state index contributed by atoms with van der Waals surface area (Å²) in [6, 6.07) is 0. The minimum atomic E-state index is -3.52. The van der Waals surface area contributed by atoms with E-state index in [1.165, 1.54) is 0 Å². The van der Waals surface area contributed by atoms with Crippen LogP contribution in [0.4, 0.5) is 0 Å². The van der Waals surface area contributed by atoms with Crippen LogP contribution in [0.1, 0.15) is 26.7 Å². The molecule has 0 radical (unpaired) electrons. The summed E-state index contributed by atoms with van der Waals surface area (Å²) < 4.78 is 16.2. The molecule has 0 aromatic rings. The molecule has 0 bridgehead atoms. The minimum Gasteiger partial charge on any atom is -0.367 e. The number of hydrogen-bond acceptors (Lipinski definition) is 5. The van der Waals surface area contributed by atoms with Gasteiger partial charge in [-0.1, -0.05) is 13.0 Å². The molecule has 0 rings (SSSR count). The Balaban J connectivity index is 4.14. The van der Waals surface area contributed by atoms with Gasteiger partial charge in [-0.05, 0) is 40.4 Å². The lowest BCUT2D eigenvalue weighted by Crippen LogP contribution is -2.48. The highest BCUT2D eigenvalue weighted by Gasteiger charge is 2.42. The standard InChI is InChI=1S/C12H27NO4Si/c1-6-10-15-18(14,17-12(3)7-2)16-11-8-9-13(4)5/h6,12,14H,1,7-11H2,2-5H3. The lowest BCUT2D eigenvalue weighted by Gasteiger charge is -2.25. The fraction of sp³-hybridized carbons (Fsp3) is 0.833. The molecule has 0 aromatic carbocycles. The van der Waals surface area contributed by atoms with Crippen LogP contribution in [-0.4, -0.2) is 58.7 Å². The molecule has 2 unspecified atom stereocenters. The third kappa shape index (κ3) is 8.79. The molecule has 18 heavy (non-hydrogen) atoms. The van der Waals surface area contributed by atoms with Gasteiger partial charge in [0.2, 0.25) is 0 Å². The quantitative estimate of drug-likeness (QED) is 0.351. The van der Waals surface area contributed by atoms with E-state index in [2.05, 4.69) is 11.5 Å². The summed E-state index contributed by atoms with van der Waals surface area (Å²) in [5, 5.41) is 0. The predicted molar refractivity (Wildman–Crippen MR) is 74.1 cm³/mol. The lowest BCUT2D eigenvalue weighted by atomic mass is 10.3. The van der Waals surface area contributed by atoms with Crippen molar-refractivity contribution in [3.05, 3.63) is 12.7 Å². The van der Waals surface area contributed by atoms with Crippen molar-refractivity contribution in [3.63, 3.8) is 0 Å². The summed E-state index contributed by atoms with van der Waals surface area (Å²) in [7, 11) is 0.471. The zero-order valence-electron chi connectivity index (χ0n) is 12.0. The van der Waals surface area contributed by atoms with Crippen molar-refractivity contribution in [2.24, 2.45) is 0 Å². The van der Waals surface area contributed by atoms with Crippen LogP contribution in [0.15, 0.2) is 12.7 Å². The van der Waals surface area contributed by atoms with E-state index >= 15 is 0 Å². The molecule has 0 aliphatic carbocycles. The van der Waals surface area contributed by atoms with Crippen molar-refractivity contribution >= 4 is 9.05 Å². The van der Waals surface area contributed by atoms with Crippen LogP contribution in [0.2, 0.25) is 0 Å². The average molecular weight is 277 g/mol. The molecule has 0 saturated heterocycles. The fourth-order valence-electron chi connectivity index (χ4n) is 1.19. The molecule has 2 atom stereocenters. The van der Waals surface area contributed by atoms with Gasteiger partial charge in [0.15, 0.2) is 0 Å². The Morgan fingerprint density at radius 3 is 2.56 bits per heavy atom. The number of hydrogen-bond donors (Lipinski definition) is 1. The second kappa shape index (κ2) is 9.66. The Bertz CT molecular complexity index is 228. The summed E-state index contributed by atoms with van der Waals surface area (Å²) in [6.45, 7) is 8.98. The van der Waals surface area contributed by atoms with Crippen molar-refractivity contribution in [2.45, 2.75) is 32.8 Å². The Hall–Kier alpha value is -0.243. The van der Waals surface area contributed by atoms with Gasteiger partial charge in [-0.2, -0.15) is 0 Å². The summed E-state index contributed by atoms with van der Waals surface area (Å²) in [6.07, 6.45) is 3.11. The molecular formula is C12H27NO4Si. The van der Waals surface area contributed by atoms with Gasteiger partial charge in [-0.25, -0.2) is 0 Å². The Morgan fingerprint density at radius 2 is 2.06 bits per heavy atom. The van der Waals surface area contributed by atoms with E-state index in [0.717, 1.165) is 19.4 Å². The van der Waals surface area contributed by atoms with Gasteiger partial charge in [-0.3, -0.25) is 0 Å². The summed E-state index contributed by atoms with van der Waals surface area (Å²) in [4.78, 5) is 12.3. The zero-order valence-corrected chi connectivity index (χ0v) is 13.0. The maximum Gasteiger partial charge on any atom is 0.677 e. The van der Waals surface area contributed by atoms with Gasteiger partial charge in [0.1, 0.15) is 0 Å². The molecule has 0 fully saturated rings. The molecule has 0 aliphatic heterocycles. The first-order valence-electron chi connectivity index (χ1n) is 6.37. The first-order chi connectivity index (χ1) is 8.43. The number of rotatable bonds is 11. The van der Waals surface area contributed by atoms with Crippen LogP contribution < -0.4 is 0 Å². The maximum absolute atomic E-state index is 10.2. The van der Waals surface area contributed by atoms with Crippen molar-refractivity contribution in [2.75, 3.05) is 33.9 Å². The Kier molecular flexibility index (Phi) is 9.53. The van der Waals surface area contributed by atoms with E-state index in [9.17, 15) is 4.80 Å². The highest BCUT2D eigenvalue weighted by Crippen LogP contribution is 2.11. The van der Waals surface area contributed by atoms with Crippen LogP contribution in [0, 0.1) is 0 Å². The Morgan fingerprint density at radius 1 is 1.39 bits per heavy atom. The zero-order chi connectivity index (χ0) is 14.0. The van der Waals surface area contributed by atoms with E-state index < -0.39 is 9.05 Å². The van der Waals surface area contributed by atoms with Gasteiger partial charge < -0.3 is 23.0 Å². The van der Waals surface area contributed by atoms with E-state index in [-0.39, 0.29) is 12.7 Å². The summed E-state index contributed by atoms with van der Waals surface area (Å²) >= 11 is 0. The molecule has 6 heteroatoms. The molecule has 108 valence electrons. The van der Waals surface area contributed by atoms with Crippen molar-refractivity contribution in [1.82, 2.24) is 4.90 Å². The Labute approximate surface area is 112 Å². The third-order valence-corrected chi connectivity index (χ3v) is 4.14. The normalized spacial score (nSPS) is 16.6. The van der Waals surface area contributed by atoms with Gasteiger partial charge in [-0.15, -0.1) is 6.58 Å². The topological polar surface area (TPSA) is 51.2 Å². The molecule has 0 aliphatic rings. The summed E-state index contributed by atoms with van der Waals surface area (Å²) in [5.41, 5.74) is 0. The lowest BCUT2D eigenvalue weighted by molar-refractivity contribution is -0.0251. The first-order valence-corrected chi connectivity index (χ1v) is 8.04. The third-order valence-electron chi connectivity index (χ3n) is 2.34. The number of nitrogens with zero attached hydrogens (tertiary/aromatic N) is 1. The molecule has 0 aromatic heterocycles.